The van der Waals surface area contributed by atoms with Crippen molar-refractivity contribution in [2.75, 3.05) is 29.2 Å². The van der Waals surface area contributed by atoms with Crippen LogP contribution in [0, 0.1) is 5.82 Å². The van der Waals surface area contributed by atoms with Gasteiger partial charge in [-0.05, 0) is 42.5 Å². The highest BCUT2D eigenvalue weighted by atomic mass is 35.5. The molecule has 2 aliphatic heterocycles. The van der Waals surface area contributed by atoms with Gasteiger partial charge in [0.1, 0.15) is 11.9 Å². The molecule has 0 aliphatic carbocycles. The molecule has 0 radical (unpaired) electrons. The van der Waals surface area contributed by atoms with Gasteiger partial charge in [0.05, 0.1) is 11.8 Å². The van der Waals surface area contributed by atoms with Gasteiger partial charge in [-0.2, -0.15) is 0 Å². The molecule has 4 amide bonds. The SMILES string of the molecule is COC1CC(C(=O)Nc2ccc(N3C(=O)CCC3(C(=O)O)C(=O)O)cc2F)N(C(=O)Nc2ccc(Cl)cc2)C1. The molecule has 0 saturated carbocycles. The van der Waals surface area contributed by atoms with E-state index in [-0.39, 0.29) is 30.8 Å². The van der Waals surface area contributed by atoms with E-state index < -0.39 is 59.7 Å². The number of amides is 4. The first-order valence-corrected chi connectivity index (χ1v) is 12.1. The second kappa shape index (κ2) is 10.9. The van der Waals surface area contributed by atoms with Gasteiger partial charge in [0.25, 0.3) is 0 Å². The standard InChI is InChI=1S/C25H24ClFN4O8/c1-39-16-11-19(30(12-16)24(38)28-14-4-2-13(26)3-5-14)21(33)29-18-7-6-15(10-17(18)27)31-20(32)8-9-25(31,22(34)35)23(36)37/h2-7,10,16,19H,8-9,11-12H2,1H3,(H,28,38)(H,29,33)(H,34,35)(H,36,37). The number of anilines is 3. The van der Waals surface area contributed by atoms with Gasteiger partial charge in [-0.3, -0.25) is 14.5 Å². The Balaban J connectivity index is 1.53. The Hall–Kier alpha value is -4.23. The van der Waals surface area contributed by atoms with Crippen molar-refractivity contribution < 1.29 is 43.3 Å². The lowest BCUT2D eigenvalue weighted by molar-refractivity contribution is -0.157. The van der Waals surface area contributed by atoms with E-state index in [1.807, 2.05) is 0 Å². The van der Waals surface area contributed by atoms with Crippen molar-refractivity contribution in [3.8, 4) is 0 Å². The van der Waals surface area contributed by atoms with Crippen LogP contribution in [-0.2, 0) is 23.9 Å². The van der Waals surface area contributed by atoms with Gasteiger partial charge in [0.2, 0.25) is 17.4 Å². The van der Waals surface area contributed by atoms with Crippen LogP contribution in [0.3, 0.4) is 0 Å². The Morgan fingerprint density at radius 1 is 1.08 bits per heavy atom. The molecule has 0 bridgehead atoms. The zero-order chi connectivity index (χ0) is 28.5. The lowest BCUT2D eigenvalue weighted by Gasteiger charge is -2.31. The van der Waals surface area contributed by atoms with E-state index in [1.54, 1.807) is 24.3 Å². The van der Waals surface area contributed by atoms with Gasteiger partial charge >= 0.3 is 18.0 Å². The summed E-state index contributed by atoms with van der Waals surface area (Å²) < 4.78 is 20.4. The molecule has 39 heavy (non-hydrogen) atoms. The predicted molar refractivity (Wildman–Crippen MR) is 136 cm³/mol. The number of benzene rings is 2. The maximum absolute atomic E-state index is 15.1. The van der Waals surface area contributed by atoms with E-state index >= 15 is 4.39 Å². The van der Waals surface area contributed by atoms with Gasteiger partial charge in [-0.15, -0.1) is 0 Å². The Labute approximate surface area is 226 Å². The largest absolute Gasteiger partial charge is 0.479 e. The van der Waals surface area contributed by atoms with Crippen molar-refractivity contribution in [1.29, 1.82) is 0 Å². The van der Waals surface area contributed by atoms with Crippen LogP contribution in [0.15, 0.2) is 42.5 Å². The fourth-order valence-corrected chi connectivity index (χ4v) is 4.84. The normalized spacial score (nSPS) is 20.1. The predicted octanol–water partition coefficient (Wildman–Crippen LogP) is 2.77. The van der Waals surface area contributed by atoms with E-state index in [1.165, 1.54) is 12.0 Å². The smallest absolute Gasteiger partial charge is 0.341 e. The maximum Gasteiger partial charge on any atom is 0.341 e. The van der Waals surface area contributed by atoms with E-state index in [4.69, 9.17) is 16.3 Å². The molecular weight excluding hydrogens is 539 g/mol. The number of urea groups is 1. The minimum Gasteiger partial charge on any atom is -0.479 e. The summed E-state index contributed by atoms with van der Waals surface area (Å²) in [4.78, 5) is 63.9. The third kappa shape index (κ3) is 5.22. The van der Waals surface area contributed by atoms with Gasteiger partial charge in [0.15, 0.2) is 0 Å². The number of aliphatic carboxylic acids is 2. The molecule has 2 saturated heterocycles. The van der Waals surface area contributed by atoms with Crippen LogP contribution in [0.4, 0.5) is 26.2 Å². The van der Waals surface area contributed by atoms with Crippen molar-refractivity contribution in [3.05, 3.63) is 53.3 Å². The number of methoxy groups -OCH3 is 1. The molecule has 2 aliphatic rings. The molecule has 2 aromatic rings. The lowest BCUT2D eigenvalue weighted by atomic mass is 9.96. The molecule has 2 aromatic carbocycles. The zero-order valence-corrected chi connectivity index (χ0v) is 21.3. The van der Waals surface area contributed by atoms with Crippen LogP contribution in [0.2, 0.25) is 5.02 Å². The van der Waals surface area contributed by atoms with Gasteiger partial charge < -0.3 is 30.5 Å². The van der Waals surface area contributed by atoms with Gasteiger partial charge in [-0.1, -0.05) is 11.6 Å². The Bertz CT molecular complexity index is 1320. The van der Waals surface area contributed by atoms with E-state index in [0.29, 0.717) is 15.6 Å². The lowest BCUT2D eigenvalue weighted by Crippen LogP contribution is -2.58. The zero-order valence-electron chi connectivity index (χ0n) is 20.5. The summed E-state index contributed by atoms with van der Waals surface area (Å²) in [5, 5.41) is 24.7. The van der Waals surface area contributed by atoms with E-state index in [0.717, 1.165) is 18.2 Å². The van der Waals surface area contributed by atoms with E-state index in [9.17, 15) is 34.2 Å². The molecular formula is C25H24ClFN4O8. The van der Waals surface area contributed by atoms with Crippen LogP contribution < -0.4 is 15.5 Å². The molecule has 2 unspecified atom stereocenters. The molecule has 14 heteroatoms. The summed E-state index contributed by atoms with van der Waals surface area (Å²) in [6.07, 6.45) is -1.16. The molecule has 0 spiro atoms. The second-order valence-corrected chi connectivity index (χ2v) is 9.49. The number of rotatable bonds is 7. The van der Waals surface area contributed by atoms with Gasteiger partial charge in [-0.25, -0.2) is 18.8 Å². The summed E-state index contributed by atoms with van der Waals surface area (Å²) in [5.41, 5.74) is -2.74. The molecule has 0 aromatic heterocycles. The number of carboxylic acid groups (broad SMARTS) is 2. The first kappa shape index (κ1) is 27.8. The average Bonchev–Trinajstić information content (AvgIpc) is 3.49. The number of carbonyl (C=O) groups excluding carboxylic acids is 3. The van der Waals surface area contributed by atoms with Crippen LogP contribution in [0.1, 0.15) is 19.3 Å². The Kier molecular flexibility index (Phi) is 7.74. The van der Waals surface area contributed by atoms with Crippen LogP contribution in [-0.4, -0.2) is 76.2 Å². The minimum absolute atomic E-state index is 0.0962. The highest BCUT2D eigenvalue weighted by Gasteiger charge is 2.58. The number of halogens is 2. The number of hydrogen-bond donors (Lipinski definition) is 4. The Morgan fingerprint density at radius 2 is 1.74 bits per heavy atom. The van der Waals surface area contributed by atoms with Gasteiger partial charge in [0, 0.05) is 49.3 Å². The number of hydrogen-bond acceptors (Lipinski definition) is 6. The van der Waals surface area contributed by atoms with Crippen molar-refractivity contribution in [2.45, 2.75) is 36.9 Å². The van der Waals surface area contributed by atoms with Crippen molar-refractivity contribution in [2.24, 2.45) is 0 Å². The second-order valence-electron chi connectivity index (χ2n) is 9.05. The third-order valence-electron chi connectivity index (χ3n) is 6.76. The number of nitrogens with zero attached hydrogens (tertiary/aromatic N) is 2. The first-order valence-electron chi connectivity index (χ1n) is 11.7. The highest BCUT2D eigenvalue weighted by Crippen LogP contribution is 2.37. The molecule has 2 heterocycles. The van der Waals surface area contributed by atoms with Crippen molar-refractivity contribution in [3.63, 3.8) is 0 Å². The maximum atomic E-state index is 15.1. The van der Waals surface area contributed by atoms with Crippen molar-refractivity contribution >= 4 is 58.4 Å². The summed E-state index contributed by atoms with van der Waals surface area (Å²) in [7, 11) is 1.44. The van der Waals surface area contributed by atoms with Crippen LogP contribution >= 0.6 is 11.6 Å². The molecule has 12 nitrogen and oxygen atoms in total. The number of carboxylic acids is 2. The van der Waals surface area contributed by atoms with E-state index in [2.05, 4.69) is 10.6 Å². The molecule has 4 rings (SSSR count). The molecule has 4 N–H and O–H groups in total. The number of ether oxygens (including phenoxy) is 1. The summed E-state index contributed by atoms with van der Waals surface area (Å²) >= 11 is 5.87. The third-order valence-corrected chi connectivity index (χ3v) is 7.02. The van der Waals surface area contributed by atoms with Crippen molar-refractivity contribution in [1.82, 2.24) is 4.90 Å². The molecule has 2 fully saturated rings. The molecule has 206 valence electrons. The first-order chi connectivity index (χ1) is 18.5. The fourth-order valence-electron chi connectivity index (χ4n) is 4.72. The topological polar surface area (TPSA) is 166 Å². The van der Waals surface area contributed by atoms with Crippen LogP contribution in [0.25, 0.3) is 0 Å². The quantitative estimate of drug-likeness (QED) is 0.374. The number of likely N-dealkylation sites (tertiary alicyclic amines) is 1. The average molecular weight is 563 g/mol. The number of carbonyl (C=O) groups is 5. The molecule has 2 atom stereocenters. The summed E-state index contributed by atoms with van der Waals surface area (Å²) in [6, 6.07) is 7.74. The Morgan fingerprint density at radius 3 is 2.33 bits per heavy atom. The number of nitrogens with one attached hydrogen (secondary N) is 2. The summed E-state index contributed by atoms with van der Waals surface area (Å²) in [5.74, 6) is -6.07. The van der Waals surface area contributed by atoms with Crippen LogP contribution in [0.5, 0.6) is 0 Å². The monoisotopic (exact) mass is 562 g/mol. The fraction of sp³-hybridized carbons (Fsp3) is 0.320. The highest BCUT2D eigenvalue weighted by molar-refractivity contribution is 6.30. The minimum atomic E-state index is -2.58. The summed E-state index contributed by atoms with van der Waals surface area (Å²) in [6.45, 7) is 0.0962.